The van der Waals surface area contributed by atoms with Crippen molar-refractivity contribution in [2.24, 2.45) is 10.9 Å². The number of para-hydroxylation sites is 2. The van der Waals surface area contributed by atoms with Gasteiger partial charge in [-0.25, -0.2) is 4.99 Å². The number of nitrogens with one attached hydrogen (secondary N) is 1. The van der Waals surface area contributed by atoms with E-state index in [0.717, 1.165) is 28.2 Å². The summed E-state index contributed by atoms with van der Waals surface area (Å²) in [6.07, 6.45) is 5.13. The summed E-state index contributed by atoms with van der Waals surface area (Å²) in [7, 11) is 0. The van der Waals surface area contributed by atoms with Crippen LogP contribution < -0.4 is 5.32 Å². The van der Waals surface area contributed by atoms with Gasteiger partial charge in [-0.05, 0) is 36.6 Å². The van der Waals surface area contributed by atoms with Crippen molar-refractivity contribution in [3.8, 4) is 0 Å². The van der Waals surface area contributed by atoms with Gasteiger partial charge in [-0.2, -0.15) is 0 Å². The lowest BCUT2D eigenvalue weighted by atomic mass is 10.0. The van der Waals surface area contributed by atoms with Crippen LogP contribution in [0.2, 0.25) is 0 Å². The third-order valence-corrected chi connectivity index (χ3v) is 5.12. The second-order valence-electron chi connectivity index (χ2n) is 5.97. The van der Waals surface area contributed by atoms with Gasteiger partial charge in [0, 0.05) is 11.4 Å². The van der Waals surface area contributed by atoms with Gasteiger partial charge in [0.25, 0.3) is 0 Å². The molecule has 0 heterocycles. The molecule has 2 aromatic carbocycles. The van der Waals surface area contributed by atoms with Crippen LogP contribution in [0.15, 0.2) is 65.7 Å². The van der Waals surface area contributed by atoms with E-state index in [9.17, 15) is 0 Å². The van der Waals surface area contributed by atoms with Crippen LogP contribution in [0.1, 0.15) is 39.5 Å². The molecule has 0 fully saturated rings. The Morgan fingerprint density at radius 3 is 2.29 bits per heavy atom. The topological polar surface area (TPSA) is 24.4 Å². The molecule has 0 aromatic heterocycles. The zero-order valence-corrected chi connectivity index (χ0v) is 15.6. The number of thioether (sulfide) groups is 1. The lowest BCUT2D eigenvalue weighted by molar-refractivity contribution is 0.500. The molecular formula is C21H28N2S. The second-order valence-corrected chi connectivity index (χ2v) is 6.98. The van der Waals surface area contributed by atoms with Gasteiger partial charge in [0.15, 0.2) is 5.17 Å². The Morgan fingerprint density at radius 2 is 1.67 bits per heavy atom. The number of amidine groups is 1. The van der Waals surface area contributed by atoms with Crippen LogP contribution in [0, 0.1) is 5.92 Å². The van der Waals surface area contributed by atoms with Crippen LogP contribution in [0.3, 0.4) is 0 Å². The van der Waals surface area contributed by atoms with Gasteiger partial charge in [0.1, 0.15) is 0 Å². The van der Waals surface area contributed by atoms with Crippen LogP contribution in [0.4, 0.5) is 11.4 Å². The quantitative estimate of drug-likeness (QED) is 0.425. The van der Waals surface area contributed by atoms with Crippen LogP contribution >= 0.6 is 11.8 Å². The summed E-state index contributed by atoms with van der Waals surface area (Å²) >= 11 is 1.83. The molecule has 1 unspecified atom stereocenters. The normalized spacial score (nSPS) is 12.8. The molecule has 2 rings (SSSR count). The van der Waals surface area contributed by atoms with Gasteiger partial charge in [0.05, 0.1) is 5.69 Å². The number of anilines is 1. The molecule has 3 heteroatoms. The number of rotatable bonds is 8. The Kier molecular flexibility index (Phi) is 8.47. The van der Waals surface area contributed by atoms with E-state index >= 15 is 0 Å². The van der Waals surface area contributed by atoms with Crippen LogP contribution in [-0.4, -0.2) is 10.9 Å². The molecule has 1 atom stereocenters. The van der Waals surface area contributed by atoms with Gasteiger partial charge >= 0.3 is 0 Å². The monoisotopic (exact) mass is 340 g/mol. The summed E-state index contributed by atoms with van der Waals surface area (Å²) in [5.74, 6) is 1.87. The van der Waals surface area contributed by atoms with Crippen molar-refractivity contribution < 1.29 is 0 Å². The minimum absolute atomic E-state index is 0.758. The van der Waals surface area contributed by atoms with Gasteiger partial charge in [0.2, 0.25) is 0 Å². The summed E-state index contributed by atoms with van der Waals surface area (Å²) in [4.78, 5) is 4.81. The van der Waals surface area contributed by atoms with Crippen molar-refractivity contribution >= 4 is 28.3 Å². The molecule has 0 aliphatic rings. The molecular weight excluding hydrogens is 312 g/mol. The maximum atomic E-state index is 4.81. The zero-order chi connectivity index (χ0) is 17.0. The van der Waals surface area contributed by atoms with Crippen molar-refractivity contribution in [2.75, 3.05) is 11.1 Å². The van der Waals surface area contributed by atoms with Gasteiger partial charge < -0.3 is 5.32 Å². The van der Waals surface area contributed by atoms with Gasteiger partial charge in [-0.3, -0.25) is 0 Å². The Bertz CT molecular complexity index is 596. The molecule has 0 saturated heterocycles. The summed E-state index contributed by atoms with van der Waals surface area (Å²) < 4.78 is 0. The van der Waals surface area contributed by atoms with E-state index in [4.69, 9.17) is 4.99 Å². The Labute approximate surface area is 150 Å². The molecule has 0 aliphatic carbocycles. The maximum absolute atomic E-state index is 4.81. The molecule has 2 nitrogen and oxygen atoms in total. The Morgan fingerprint density at radius 1 is 1.00 bits per heavy atom. The fourth-order valence-electron chi connectivity index (χ4n) is 2.46. The number of hydrogen-bond donors (Lipinski definition) is 1. The maximum Gasteiger partial charge on any atom is 0.166 e. The first-order valence-electron chi connectivity index (χ1n) is 8.90. The Balaban J connectivity index is 2.06. The molecule has 0 saturated carbocycles. The predicted octanol–water partition coefficient (Wildman–Crippen LogP) is 6.74. The average molecular weight is 341 g/mol. The van der Waals surface area contributed by atoms with Crippen molar-refractivity contribution in [3.63, 3.8) is 0 Å². The fourth-order valence-corrected chi connectivity index (χ4v) is 3.61. The molecule has 2 aromatic rings. The molecule has 24 heavy (non-hydrogen) atoms. The molecule has 0 amide bonds. The van der Waals surface area contributed by atoms with E-state index in [0.29, 0.717) is 0 Å². The first-order valence-corrected chi connectivity index (χ1v) is 9.89. The molecule has 1 N–H and O–H groups in total. The highest BCUT2D eigenvalue weighted by atomic mass is 32.2. The first-order chi connectivity index (χ1) is 11.8. The largest absolute Gasteiger partial charge is 0.335 e. The number of hydrogen-bond acceptors (Lipinski definition) is 2. The molecule has 0 bridgehead atoms. The van der Waals surface area contributed by atoms with Crippen LogP contribution in [0.25, 0.3) is 0 Å². The summed E-state index contributed by atoms with van der Waals surface area (Å²) in [5.41, 5.74) is 2.08. The van der Waals surface area contributed by atoms with E-state index in [1.54, 1.807) is 0 Å². The number of nitrogens with zero attached hydrogens (tertiary/aromatic N) is 1. The third kappa shape index (κ3) is 6.79. The van der Waals surface area contributed by atoms with Crippen molar-refractivity contribution in [1.82, 2.24) is 0 Å². The second kappa shape index (κ2) is 10.9. The van der Waals surface area contributed by atoms with Gasteiger partial charge in [-0.15, -0.1) is 0 Å². The SMILES string of the molecule is CCCCC(CC)CSC(=Nc1ccccc1)Nc1ccccc1. The smallest absolute Gasteiger partial charge is 0.166 e. The fraction of sp³-hybridized carbons (Fsp3) is 0.381. The van der Waals surface area contributed by atoms with E-state index in [2.05, 4.69) is 31.3 Å². The lowest BCUT2D eigenvalue weighted by Crippen LogP contribution is -2.12. The molecule has 128 valence electrons. The number of benzene rings is 2. The van der Waals surface area contributed by atoms with E-state index < -0.39 is 0 Å². The number of unbranched alkanes of at least 4 members (excludes halogenated alkanes) is 1. The third-order valence-electron chi connectivity index (χ3n) is 4.01. The summed E-state index contributed by atoms with van der Waals surface area (Å²) in [5, 5.41) is 4.45. The average Bonchev–Trinajstić information content (AvgIpc) is 2.63. The standard InChI is InChI=1S/C21H28N2S/c1-3-5-12-18(4-2)17-24-21(22-19-13-8-6-9-14-19)23-20-15-10-7-11-16-20/h6-11,13-16,18H,3-5,12,17H2,1-2H3,(H,22,23). The van der Waals surface area contributed by atoms with Crippen molar-refractivity contribution in [1.29, 1.82) is 0 Å². The zero-order valence-electron chi connectivity index (χ0n) is 14.7. The van der Waals surface area contributed by atoms with E-state index in [1.165, 1.54) is 25.7 Å². The van der Waals surface area contributed by atoms with Crippen molar-refractivity contribution in [2.45, 2.75) is 39.5 Å². The molecule has 0 spiro atoms. The highest BCUT2D eigenvalue weighted by molar-refractivity contribution is 8.14. The van der Waals surface area contributed by atoms with E-state index in [1.807, 2.05) is 60.3 Å². The van der Waals surface area contributed by atoms with Crippen LogP contribution in [-0.2, 0) is 0 Å². The minimum Gasteiger partial charge on any atom is -0.335 e. The molecule has 0 aliphatic heterocycles. The summed E-state index contributed by atoms with van der Waals surface area (Å²) in [6.45, 7) is 4.55. The van der Waals surface area contributed by atoms with Crippen molar-refractivity contribution in [3.05, 3.63) is 60.7 Å². The molecule has 0 radical (unpaired) electrons. The lowest BCUT2D eigenvalue weighted by Gasteiger charge is -2.16. The van der Waals surface area contributed by atoms with Gasteiger partial charge in [-0.1, -0.05) is 81.3 Å². The minimum atomic E-state index is 0.758. The summed E-state index contributed by atoms with van der Waals surface area (Å²) in [6, 6.07) is 20.4. The predicted molar refractivity (Wildman–Crippen MR) is 109 cm³/mol. The Hall–Kier alpha value is -1.74. The van der Waals surface area contributed by atoms with Crippen LogP contribution in [0.5, 0.6) is 0 Å². The number of aliphatic imine (C=N–C) groups is 1. The van der Waals surface area contributed by atoms with E-state index in [-0.39, 0.29) is 0 Å². The first kappa shape index (κ1) is 18.6. The highest BCUT2D eigenvalue weighted by Gasteiger charge is 2.09. The highest BCUT2D eigenvalue weighted by Crippen LogP contribution is 2.23.